The molecule has 2 fully saturated rings. The molecule has 0 unspecified atom stereocenters. The van der Waals surface area contributed by atoms with Crippen molar-refractivity contribution in [3.05, 3.63) is 60.2 Å². The molecule has 0 spiro atoms. The second-order valence-electron chi connectivity index (χ2n) is 6.96. The van der Waals surface area contributed by atoms with Gasteiger partial charge >= 0.3 is 5.97 Å². The minimum Gasteiger partial charge on any atom is -0.481 e. The van der Waals surface area contributed by atoms with E-state index in [2.05, 4.69) is 5.32 Å². The first-order valence-corrected chi connectivity index (χ1v) is 8.62. The lowest BCUT2D eigenvalue weighted by molar-refractivity contribution is -0.149. The first-order chi connectivity index (χ1) is 12.6. The van der Waals surface area contributed by atoms with Crippen LogP contribution in [0.5, 0.6) is 11.5 Å². The summed E-state index contributed by atoms with van der Waals surface area (Å²) in [6, 6.07) is 17.3. The normalized spacial score (nSPS) is 24.9. The number of rotatable bonds is 5. The number of carbonyl (C=O) groups excluding carboxylic acids is 1. The molecule has 2 aromatic rings. The van der Waals surface area contributed by atoms with Crippen LogP contribution in [-0.2, 0) is 16.1 Å². The summed E-state index contributed by atoms with van der Waals surface area (Å²) in [4.78, 5) is 25.7. The fraction of sp³-hybridized carbons (Fsp3) is 0.300. The topological polar surface area (TPSA) is 78.9 Å². The van der Waals surface area contributed by atoms with E-state index in [-0.39, 0.29) is 12.5 Å². The van der Waals surface area contributed by atoms with Crippen LogP contribution in [0.2, 0.25) is 0 Å². The standard InChI is InChI=1S/C20H20N2O4/c23-18-17-11-22(13-20(17,12-21-18)19(24)25)10-14-6-8-16(9-7-14)26-15-4-2-1-3-5-15/h1-9,17H,10-13H2,(H,21,23)(H,24,25)/t17-,20+/m1/s1. The number of carbonyl (C=O) groups is 2. The highest BCUT2D eigenvalue weighted by molar-refractivity contribution is 5.92. The van der Waals surface area contributed by atoms with Crippen molar-refractivity contribution >= 4 is 11.9 Å². The van der Waals surface area contributed by atoms with Crippen molar-refractivity contribution in [2.24, 2.45) is 11.3 Å². The Hall–Kier alpha value is -2.86. The zero-order chi connectivity index (χ0) is 18.1. The largest absolute Gasteiger partial charge is 0.481 e. The Kier molecular flexibility index (Phi) is 4.12. The quantitative estimate of drug-likeness (QED) is 0.862. The monoisotopic (exact) mass is 352 g/mol. The predicted octanol–water partition coefficient (Wildman–Crippen LogP) is 2.11. The van der Waals surface area contributed by atoms with Crippen LogP contribution in [0.25, 0.3) is 0 Å². The molecule has 2 aromatic carbocycles. The molecule has 2 aliphatic heterocycles. The van der Waals surface area contributed by atoms with Crippen molar-refractivity contribution in [1.82, 2.24) is 10.2 Å². The fourth-order valence-electron chi connectivity index (χ4n) is 3.85. The summed E-state index contributed by atoms with van der Waals surface area (Å²) >= 11 is 0. The molecule has 1 amide bonds. The van der Waals surface area contributed by atoms with E-state index in [0.717, 1.165) is 17.1 Å². The summed E-state index contributed by atoms with van der Waals surface area (Å²) in [5.41, 5.74) is 0.0688. The van der Waals surface area contributed by atoms with Gasteiger partial charge < -0.3 is 15.2 Å². The Labute approximate surface area is 151 Å². The molecular weight excluding hydrogens is 332 g/mol. The van der Waals surface area contributed by atoms with Crippen molar-refractivity contribution in [3.63, 3.8) is 0 Å². The van der Waals surface area contributed by atoms with Gasteiger partial charge in [-0.25, -0.2) is 0 Å². The van der Waals surface area contributed by atoms with Gasteiger partial charge in [0.1, 0.15) is 16.9 Å². The molecule has 26 heavy (non-hydrogen) atoms. The molecule has 6 heteroatoms. The Morgan fingerprint density at radius 1 is 1.15 bits per heavy atom. The third-order valence-corrected chi connectivity index (χ3v) is 5.24. The smallest absolute Gasteiger partial charge is 0.313 e. The molecule has 2 saturated heterocycles. The summed E-state index contributed by atoms with van der Waals surface area (Å²) in [5.74, 6) is 0.0128. The minimum atomic E-state index is -0.993. The maximum absolute atomic E-state index is 12.0. The van der Waals surface area contributed by atoms with Crippen molar-refractivity contribution in [2.75, 3.05) is 19.6 Å². The molecule has 0 saturated carbocycles. The third kappa shape index (κ3) is 2.93. The van der Waals surface area contributed by atoms with E-state index in [4.69, 9.17) is 4.74 Å². The predicted molar refractivity (Wildman–Crippen MR) is 94.8 cm³/mol. The number of fused-ring (bicyclic) bond motifs is 1. The van der Waals surface area contributed by atoms with E-state index >= 15 is 0 Å². The molecule has 4 rings (SSSR count). The second kappa shape index (κ2) is 6.46. The lowest BCUT2D eigenvalue weighted by Gasteiger charge is -2.22. The van der Waals surface area contributed by atoms with Gasteiger partial charge in [-0.2, -0.15) is 0 Å². The Morgan fingerprint density at radius 2 is 1.85 bits per heavy atom. The Bertz CT molecular complexity index is 821. The van der Waals surface area contributed by atoms with Gasteiger partial charge in [-0.3, -0.25) is 14.5 Å². The van der Waals surface area contributed by atoms with Crippen LogP contribution in [0.1, 0.15) is 5.56 Å². The first-order valence-electron chi connectivity index (χ1n) is 8.62. The molecule has 134 valence electrons. The number of benzene rings is 2. The maximum Gasteiger partial charge on any atom is 0.313 e. The van der Waals surface area contributed by atoms with E-state index in [9.17, 15) is 14.7 Å². The van der Waals surface area contributed by atoms with Crippen LogP contribution in [0.4, 0.5) is 0 Å². The number of ether oxygens (including phenoxy) is 1. The number of nitrogens with zero attached hydrogens (tertiary/aromatic N) is 1. The number of hydrogen-bond donors (Lipinski definition) is 2. The summed E-state index contributed by atoms with van der Waals surface area (Å²) < 4.78 is 5.78. The summed E-state index contributed by atoms with van der Waals surface area (Å²) in [7, 11) is 0. The van der Waals surface area contributed by atoms with Crippen molar-refractivity contribution < 1.29 is 19.4 Å². The Balaban J connectivity index is 1.42. The number of aliphatic carboxylic acids is 1. The van der Waals surface area contributed by atoms with Crippen LogP contribution in [0, 0.1) is 11.3 Å². The van der Waals surface area contributed by atoms with Crippen LogP contribution in [-0.4, -0.2) is 41.5 Å². The van der Waals surface area contributed by atoms with Crippen molar-refractivity contribution in [3.8, 4) is 11.5 Å². The molecule has 0 aliphatic carbocycles. The van der Waals surface area contributed by atoms with Gasteiger partial charge in [0.2, 0.25) is 5.91 Å². The number of amides is 1. The average molecular weight is 352 g/mol. The van der Waals surface area contributed by atoms with Gasteiger partial charge in [-0.15, -0.1) is 0 Å². The minimum absolute atomic E-state index is 0.151. The second-order valence-corrected chi connectivity index (χ2v) is 6.96. The van der Waals surface area contributed by atoms with Gasteiger partial charge in [0.15, 0.2) is 0 Å². The van der Waals surface area contributed by atoms with E-state index in [1.807, 2.05) is 59.5 Å². The van der Waals surface area contributed by atoms with Crippen molar-refractivity contribution in [1.29, 1.82) is 0 Å². The SMILES string of the molecule is O=C1NC[C@]2(C(=O)O)CN(Cc3ccc(Oc4ccccc4)cc3)C[C@H]12. The number of para-hydroxylation sites is 1. The number of nitrogens with one attached hydrogen (secondary N) is 1. The highest BCUT2D eigenvalue weighted by Gasteiger charge is 2.59. The van der Waals surface area contributed by atoms with Gasteiger partial charge in [0, 0.05) is 26.2 Å². The van der Waals surface area contributed by atoms with Crippen LogP contribution in [0.3, 0.4) is 0 Å². The average Bonchev–Trinajstić information content (AvgIpc) is 3.16. The lowest BCUT2D eigenvalue weighted by atomic mass is 9.81. The molecule has 2 heterocycles. The molecule has 0 bridgehead atoms. The van der Waals surface area contributed by atoms with E-state index < -0.39 is 17.3 Å². The number of likely N-dealkylation sites (tertiary alicyclic amines) is 1. The van der Waals surface area contributed by atoms with Gasteiger partial charge in [0.05, 0.1) is 5.92 Å². The summed E-state index contributed by atoms with van der Waals surface area (Å²) in [6.45, 7) is 1.69. The molecule has 0 aromatic heterocycles. The highest BCUT2D eigenvalue weighted by atomic mass is 16.5. The summed E-state index contributed by atoms with van der Waals surface area (Å²) in [6.07, 6.45) is 0. The zero-order valence-corrected chi connectivity index (χ0v) is 14.2. The molecule has 2 aliphatic rings. The highest BCUT2D eigenvalue weighted by Crippen LogP contribution is 2.40. The fourth-order valence-corrected chi connectivity index (χ4v) is 3.85. The molecule has 2 atom stereocenters. The zero-order valence-electron chi connectivity index (χ0n) is 14.2. The van der Waals surface area contributed by atoms with Crippen LogP contribution >= 0.6 is 0 Å². The first kappa shape index (κ1) is 16.6. The van der Waals surface area contributed by atoms with Crippen molar-refractivity contribution in [2.45, 2.75) is 6.54 Å². The van der Waals surface area contributed by atoms with Gasteiger partial charge in [-0.05, 0) is 29.8 Å². The number of carboxylic acids is 1. The third-order valence-electron chi connectivity index (χ3n) is 5.24. The van der Waals surface area contributed by atoms with E-state index in [0.29, 0.717) is 19.6 Å². The molecule has 6 nitrogen and oxygen atoms in total. The lowest BCUT2D eigenvalue weighted by Crippen LogP contribution is -2.40. The van der Waals surface area contributed by atoms with E-state index in [1.165, 1.54) is 0 Å². The molecular formula is C20H20N2O4. The van der Waals surface area contributed by atoms with Gasteiger partial charge in [-0.1, -0.05) is 30.3 Å². The Morgan fingerprint density at radius 3 is 2.50 bits per heavy atom. The number of carboxylic acid groups (broad SMARTS) is 1. The number of hydrogen-bond acceptors (Lipinski definition) is 4. The molecule has 0 radical (unpaired) electrons. The van der Waals surface area contributed by atoms with Crippen LogP contribution < -0.4 is 10.1 Å². The van der Waals surface area contributed by atoms with E-state index in [1.54, 1.807) is 0 Å². The molecule has 2 N–H and O–H groups in total. The van der Waals surface area contributed by atoms with Gasteiger partial charge in [0.25, 0.3) is 0 Å². The maximum atomic E-state index is 12.0. The van der Waals surface area contributed by atoms with Crippen LogP contribution in [0.15, 0.2) is 54.6 Å². The summed E-state index contributed by atoms with van der Waals surface area (Å²) in [5, 5.41) is 12.3.